The van der Waals surface area contributed by atoms with Gasteiger partial charge in [-0.2, -0.15) is 0 Å². The second-order valence-corrected chi connectivity index (χ2v) is 7.54. The largest absolute Gasteiger partial charge is 0.252 e. The maximum atomic E-state index is 5.78. The summed E-state index contributed by atoms with van der Waals surface area (Å²) in [4.78, 5) is 0. The van der Waals surface area contributed by atoms with Crippen LogP contribution < -0.4 is 0 Å². The van der Waals surface area contributed by atoms with Gasteiger partial charge >= 0.3 is 0 Å². The number of alkyl halides is 1. The molecule has 4 saturated carbocycles. The molecule has 4 aliphatic rings. The predicted octanol–water partition coefficient (Wildman–Crippen LogP) is 3.62. The second-order valence-electron chi connectivity index (χ2n) is 7.27. The second kappa shape index (κ2) is 4.47. The van der Waals surface area contributed by atoms with Crippen molar-refractivity contribution < 1.29 is 0 Å². The Balaban J connectivity index is 1.44. The molecule has 0 saturated heterocycles. The Hall–Kier alpha value is -0.570. The first kappa shape index (κ1) is 12.2. The lowest BCUT2D eigenvalue weighted by Crippen LogP contribution is -2.46. The Kier molecular flexibility index (Phi) is 2.87. The van der Waals surface area contributed by atoms with E-state index in [1.54, 1.807) is 0 Å². The molecule has 4 heteroatoms. The Morgan fingerprint density at radius 1 is 1.16 bits per heavy atom. The van der Waals surface area contributed by atoms with E-state index in [1.807, 2.05) is 10.9 Å². The summed E-state index contributed by atoms with van der Waals surface area (Å²) in [5.41, 5.74) is 1.54. The average Bonchev–Trinajstić information content (AvgIpc) is 2.83. The molecule has 104 valence electrons. The molecule has 0 radical (unpaired) electrons. The van der Waals surface area contributed by atoms with Gasteiger partial charge in [0, 0.05) is 12.7 Å². The van der Waals surface area contributed by atoms with Crippen molar-refractivity contribution in [3.8, 4) is 0 Å². The van der Waals surface area contributed by atoms with E-state index in [1.165, 1.54) is 44.9 Å². The lowest BCUT2D eigenvalue weighted by Gasteiger charge is -2.57. The van der Waals surface area contributed by atoms with Gasteiger partial charge < -0.3 is 0 Å². The monoisotopic (exact) mass is 279 g/mol. The molecule has 1 aromatic heterocycles. The minimum atomic E-state index is 0.470. The molecule has 3 nitrogen and oxygen atoms in total. The lowest BCUT2D eigenvalue weighted by molar-refractivity contribution is -0.0596. The molecule has 5 rings (SSSR count). The zero-order valence-electron chi connectivity index (χ0n) is 11.4. The van der Waals surface area contributed by atoms with Crippen molar-refractivity contribution in [2.75, 3.05) is 0 Å². The highest BCUT2D eigenvalue weighted by Gasteiger charge is 2.50. The fourth-order valence-corrected chi connectivity index (χ4v) is 5.58. The molecule has 0 N–H and O–H groups in total. The van der Waals surface area contributed by atoms with E-state index >= 15 is 0 Å². The summed E-state index contributed by atoms with van der Waals surface area (Å²) in [5, 5.41) is 8.27. The molecule has 0 aliphatic heterocycles. The van der Waals surface area contributed by atoms with Gasteiger partial charge in [-0.3, -0.25) is 4.68 Å². The van der Waals surface area contributed by atoms with E-state index in [2.05, 4.69) is 10.3 Å². The van der Waals surface area contributed by atoms with Crippen LogP contribution in [-0.2, 0) is 12.4 Å². The van der Waals surface area contributed by atoms with Crippen LogP contribution in [-0.4, -0.2) is 15.0 Å². The van der Waals surface area contributed by atoms with Crippen LogP contribution in [0.15, 0.2) is 6.20 Å². The zero-order chi connectivity index (χ0) is 12.9. The fraction of sp³-hybridized carbons (Fsp3) is 0.867. The molecule has 0 spiro atoms. The molecule has 0 amide bonds. The minimum absolute atomic E-state index is 0.470. The predicted molar refractivity (Wildman–Crippen MR) is 74.8 cm³/mol. The smallest absolute Gasteiger partial charge is 0.0974 e. The number of rotatable bonds is 4. The Bertz CT molecular complexity index is 432. The number of aryl methyl sites for hydroxylation is 1. The summed E-state index contributed by atoms with van der Waals surface area (Å²) in [6, 6.07) is 0. The van der Waals surface area contributed by atoms with Crippen LogP contribution in [0.5, 0.6) is 0 Å². The van der Waals surface area contributed by atoms with Crippen molar-refractivity contribution in [1.82, 2.24) is 15.0 Å². The summed E-state index contributed by atoms with van der Waals surface area (Å²) < 4.78 is 2.00. The van der Waals surface area contributed by atoms with E-state index < -0.39 is 0 Å². The molecule has 1 heterocycles. The van der Waals surface area contributed by atoms with Crippen molar-refractivity contribution in [2.24, 2.45) is 23.2 Å². The zero-order valence-corrected chi connectivity index (χ0v) is 12.1. The number of halogens is 1. The quantitative estimate of drug-likeness (QED) is 0.788. The van der Waals surface area contributed by atoms with E-state index in [0.29, 0.717) is 11.3 Å². The van der Waals surface area contributed by atoms with Crippen LogP contribution in [0, 0.1) is 23.2 Å². The van der Waals surface area contributed by atoms with E-state index in [-0.39, 0.29) is 0 Å². The Morgan fingerprint density at radius 3 is 2.32 bits per heavy atom. The van der Waals surface area contributed by atoms with Crippen LogP contribution in [0.25, 0.3) is 0 Å². The Labute approximate surface area is 119 Å². The van der Waals surface area contributed by atoms with Gasteiger partial charge in [0.05, 0.1) is 11.6 Å². The summed E-state index contributed by atoms with van der Waals surface area (Å²) in [6.07, 6.45) is 12.3. The maximum Gasteiger partial charge on any atom is 0.0974 e. The van der Waals surface area contributed by atoms with Crippen molar-refractivity contribution in [2.45, 2.75) is 57.4 Å². The van der Waals surface area contributed by atoms with Gasteiger partial charge in [-0.25, -0.2) is 0 Å². The first-order valence-electron chi connectivity index (χ1n) is 7.70. The summed E-state index contributed by atoms with van der Waals surface area (Å²) in [6.45, 7) is 1.02. The van der Waals surface area contributed by atoms with E-state index in [9.17, 15) is 0 Å². The van der Waals surface area contributed by atoms with Crippen molar-refractivity contribution in [3.63, 3.8) is 0 Å². The minimum Gasteiger partial charge on any atom is -0.252 e. The van der Waals surface area contributed by atoms with Gasteiger partial charge in [-0.15, -0.1) is 16.7 Å². The van der Waals surface area contributed by atoms with Gasteiger partial charge in [-0.1, -0.05) is 5.21 Å². The fourth-order valence-electron chi connectivity index (χ4n) is 5.46. The van der Waals surface area contributed by atoms with Gasteiger partial charge in [0.15, 0.2) is 0 Å². The van der Waals surface area contributed by atoms with Crippen molar-refractivity contribution >= 4 is 11.6 Å². The molecular formula is C15H22ClN3. The molecule has 0 unspecified atom stereocenters. The highest BCUT2D eigenvalue weighted by molar-refractivity contribution is 6.16. The SMILES string of the molecule is ClCc1cn(CCC23CC4CC(CC(C4)C2)C3)nn1. The molecule has 0 aromatic carbocycles. The third-order valence-electron chi connectivity index (χ3n) is 5.76. The number of nitrogens with zero attached hydrogens (tertiary/aromatic N) is 3. The topological polar surface area (TPSA) is 30.7 Å². The van der Waals surface area contributed by atoms with Crippen LogP contribution in [0.3, 0.4) is 0 Å². The molecular weight excluding hydrogens is 258 g/mol. The molecule has 19 heavy (non-hydrogen) atoms. The third-order valence-corrected chi connectivity index (χ3v) is 6.03. The molecule has 4 aliphatic carbocycles. The first-order valence-corrected chi connectivity index (χ1v) is 8.23. The molecule has 4 fully saturated rings. The first-order chi connectivity index (χ1) is 9.25. The number of hydrogen-bond donors (Lipinski definition) is 0. The number of aromatic nitrogens is 3. The highest BCUT2D eigenvalue weighted by Crippen LogP contribution is 2.61. The average molecular weight is 280 g/mol. The van der Waals surface area contributed by atoms with Crippen LogP contribution >= 0.6 is 11.6 Å². The highest BCUT2D eigenvalue weighted by atomic mass is 35.5. The molecule has 0 atom stereocenters. The summed E-state index contributed by atoms with van der Waals surface area (Å²) in [5.74, 6) is 3.60. The molecule has 4 bridgehead atoms. The normalized spacial score (nSPS) is 39.9. The van der Waals surface area contributed by atoms with Crippen molar-refractivity contribution in [3.05, 3.63) is 11.9 Å². The molecule has 1 aromatic rings. The lowest BCUT2D eigenvalue weighted by atomic mass is 9.49. The van der Waals surface area contributed by atoms with Gasteiger partial charge in [-0.05, 0) is 68.1 Å². The summed E-state index contributed by atoms with van der Waals surface area (Å²) in [7, 11) is 0. The van der Waals surface area contributed by atoms with Gasteiger partial charge in [0.1, 0.15) is 0 Å². The van der Waals surface area contributed by atoms with Crippen LogP contribution in [0.1, 0.15) is 50.6 Å². The standard InChI is InChI=1S/C15H22ClN3/c16-9-14-10-19(18-17-14)2-1-15-6-11-3-12(7-15)5-13(4-11)8-15/h10-13H,1-9H2. The van der Waals surface area contributed by atoms with Crippen LogP contribution in [0.2, 0.25) is 0 Å². The van der Waals surface area contributed by atoms with Gasteiger partial charge in [0.25, 0.3) is 0 Å². The maximum absolute atomic E-state index is 5.78. The van der Waals surface area contributed by atoms with Crippen molar-refractivity contribution in [1.29, 1.82) is 0 Å². The van der Waals surface area contributed by atoms with Crippen LogP contribution in [0.4, 0.5) is 0 Å². The third kappa shape index (κ3) is 2.20. The van der Waals surface area contributed by atoms with E-state index in [4.69, 9.17) is 11.6 Å². The summed E-state index contributed by atoms with van der Waals surface area (Å²) >= 11 is 5.78. The van der Waals surface area contributed by atoms with Gasteiger partial charge in [0.2, 0.25) is 0 Å². The Morgan fingerprint density at radius 2 is 1.79 bits per heavy atom. The number of hydrogen-bond acceptors (Lipinski definition) is 2. The van der Waals surface area contributed by atoms with E-state index in [0.717, 1.165) is 30.0 Å².